The van der Waals surface area contributed by atoms with Crippen molar-refractivity contribution >= 4 is 5.91 Å². The van der Waals surface area contributed by atoms with Crippen LogP contribution in [0.5, 0.6) is 0 Å². The molecule has 2 nitrogen and oxygen atoms in total. The van der Waals surface area contributed by atoms with Crippen LogP contribution in [0.3, 0.4) is 0 Å². The molecule has 1 aromatic carbocycles. The Labute approximate surface area is 102 Å². The van der Waals surface area contributed by atoms with Crippen LogP contribution in [0.2, 0.25) is 0 Å². The van der Waals surface area contributed by atoms with Crippen molar-refractivity contribution in [2.45, 2.75) is 6.18 Å². The summed E-state index contributed by atoms with van der Waals surface area (Å²) in [6.07, 6.45) is -3.22. The van der Waals surface area contributed by atoms with Crippen molar-refractivity contribution in [1.29, 1.82) is 0 Å². The first-order chi connectivity index (χ1) is 8.27. The maximum Gasteiger partial charge on any atom is 0.416 e. The van der Waals surface area contributed by atoms with Gasteiger partial charge in [0.15, 0.2) is 0 Å². The monoisotopic (exact) mass is 261 g/mol. The Bertz CT molecular complexity index is 468. The fraction of sp³-hybridized carbons (Fsp3) is 0.250. The standard InChI is InChI=1S/C12H11F4NO/c1-3-6-17(2)11(18)9-7-8(12(14,15)16)4-5-10(9)13/h3-5,7H,1,6H2,2H3. The first-order valence-corrected chi connectivity index (χ1v) is 5.00. The van der Waals surface area contributed by atoms with E-state index in [1.165, 1.54) is 13.1 Å². The Balaban J connectivity index is 3.16. The largest absolute Gasteiger partial charge is 0.416 e. The molecule has 0 heterocycles. The number of carbonyl (C=O) groups is 1. The minimum absolute atomic E-state index is 0.120. The molecule has 1 amide bonds. The third kappa shape index (κ3) is 3.09. The molecule has 0 aromatic heterocycles. The summed E-state index contributed by atoms with van der Waals surface area (Å²) in [5.41, 5.74) is -1.66. The predicted molar refractivity (Wildman–Crippen MR) is 58.6 cm³/mol. The first-order valence-electron chi connectivity index (χ1n) is 5.00. The normalized spacial score (nSPS) is 11.2. The topological polar surface area (TPSA) is 20.3 Å². The summed E-state index contributed by atoms with van der Waals surface area (Å²) in [6, 6.07) is 1.74. The molecule has 0 bridgehead atoms. The average Bonchev–Trinajstić information content (AvgIpc) is 2.27. The van der Waals surface area contributed by atoms with Crippen molar-refractivity contribution < 1.29 is 22.4 Å². The van der Waals surface area contributed by atoms with E-state index in [-0.39, 0.29) is 6.54 Å². The van der Waals surface area contributed by atoms with E-state index in [4.69, 9.17) is 0 Å². The molecule has 0 aliphatic rings. The lowest BCUT2D eigenvalue weighted by atomic mass is 10.1. The van der Waals surface area contributed by atoms with Gasteiger partial charge in [0.05, 0.1) is 11.1 Å². The maximum atomic E-state index is 13.4. The predicted octanol–water partition coefficient (Wildman–Crippen LogP) is 3.10. The van der Waals surface area contributed by atoms with E-state index in [9.17, 15) is 22.4 Å². The van der Waals surface area contributed by atoms with E-state index in [1.54, 1.807) is 0 Å². The van der Waals surface area contributed by atoms with Crippen molar-refractivity contribution in [2.75, 3.05) is 13.6 Å². The van der Waals surface area contributed by atoms with Gasteiger partial charge in [-0.25, -0.2) is 4.39 Å². The van der Waals surface area contributed by atoms with Crippen LogP contribution < -0.4 is 0 Å². The van der Waals surface area contributed by atoms with Crippen LogP contribution >= 0.6 is 0 Å². The van der Waals surface area contributed by atoms with Gasteiger partial charge in [0.25, 0.3) is 5.91 Å². The number of hydrogen-bond acceptors (Lipinski definition) is 1. The Hall–Kier alpha value is -1.85. The fourth-order valence-electron chi connectivity index (χ4n) is 1.35. The van der Waals surface area contributed by atoms with Crippen LogP contribution in [0, 0.1) is 5.82 Å². The first kappa shape index (κ1) is 14.2. The van der Waals surface area contributed by atoms with Crippen LogP contribution in [0.25, 0.3) is 0 Å². The number of amides is 1. The highest BCUT2D eigenvalue weighted by Crippen LogP contribution is 2.30. The second-order valence-electron chi connectivity index (χ2n) is 3.67. The molecule has 0 saturated heterocycles. The SMILES string of the molecule is C=CCN(C)C(=O)c1cc(C(F)(F)F)ccc1F. The van der Waals surface area contributed by atoms with Crippen molar-refractivity contribution in [2.24, 2.45) is 0 Å². The lowest BCUT2D eigenvalue weighted by Gasteiger charge is -2.16. The summed E-state index contributed by atoms with van der Waals surface area (Å²) in [5.74, 6) is -1.80. The molecule has 0 N–H and O–H groups in total. The van der Waals surface area contributed by atoms with Gasteiger partial charge in [0.1, 0.15) is 5.82 Å². The number of benzene rings is 1. The zero-order valence-electron chi connectivity index (χ0n) is 9.59. The Kier molecular flexibility index (Phi) is 4.11. The number of alkyl halides is 3. The molecule has 1 rings (SSSR count). The maximum absolute atomic E-state index is 13.4. The van der Waals surface area contributed by atoms with Crippen LogP contribution in [0.1, 0.15) is 15.9 Å². The third-order valence-corrected chi connectivity index (χ3v) is 2.27. The number of hydrogen-bond donors (Lipinski definition) is 0. The summed E-state index contributed by atoms with van der Waals surface area (Å²) < 4.78 is 50.7. The number of halogens is 4. The molecule has 18 heavy (non-hydrogen) atoms. The molecule has 0 saturated carbocycles. The van der Waals surface area contributed by atoms with Gasteiger partial charge in [-0.3, -0.25) is 4.79 Å². The zero-order chi connectivity index (χ0) is 13.9. The molecular formula is C12H11F4NO. The van der Waals surface area contributed by atoms with Crippen LogP contribution in [0.15, 0.2) is 30.9 Å². The second-order valence-corrected chi connectivity index (χ2v) is 3.67. The molecule has 0 aliphatic heterocycles. The molecule has 0 aliphatic carbocycles. The Morgan fingerprint density at radius 2 is 2.06 bits per heavy atom. The lowest BCUT2D eigenvalue weighted by Crippen LogP contribution is -2.28. The zero-order valence-corrected chi connectivity index (χ0v) is 9.59. The molecular weight excluding hydrogens is 250 g/mol. The summed E-state index contributed by atoms with van der Waals surface area (Å²) in [4.78, 5) is 12.8. The quantitative estimate of drug-likeness (QED) is 0.604. The van der Waals surface area contributed by atoms with Crippen LogP contribution in [0.4, 0.5) is 17.6 Å². The van der Waals surface area contributed by atoms with Gasteiger partial charge in [-0.1, -0.05) is 6.08 Å². The number of nitrogens with zero attached hydrogens (tertiary/aromatic N) is 1. The molecule has 0 radical (unpaired) electrons. The van der Waals surface area contributed by atoms with Crippen molar-refractivity contribution in [3.8, 4) is 0 Å². The molecule has 6 heteroatoms. The van der Waals surface area contributed by atoms with E-state index in [0.717, 1.165) is 4.90 Å². The van der Waals surface area contributed by atoms with Crippen LogP contribution in [-0.4, -0.2) is 24.4 Å². The number of rotatable bonds is 3. The van der Waals surface area contributed by atoms with Gasteiger partial charge in [-0.05, 0) is 18.2 Å². The summed E-state index contributed by atoms with van der Waals surface area (Å²) >= 11 is 0. The minimum atomic E-state index is -4.61. The van der Waals surface area contributed by atoms with Gasteiger partial charge in [-0.15, -0.1) is 6.58 Å². The van der Waals surface area contributed by atoms with E-state index in [1.807, 2.05) is 0 Å². The molecule has 0 fully saturated rings. The smallest absolute Gasteiger partial charge is 0.338 e. The highest BCUT2D eigenvalue weighted by Gasteiger charge is 2.32. The number of carbonyl (C=O) groups excluding carboxylic acids is 1. The van der Waals surface area contributed by atoms with Crippen LogP contribution in [-0.2, 0) is 6.18 Å². The van der Waals surface area contributed by atoms with Gasteiger partial charge < -0.3 is 4.90 Å². The highest BCUT2D eigenvalue weighted by molar-refractivity contribution is 5.94. The molecule has 0 atom stereocenters. The summed E-state index contributed by atoms with van der Waals surface area (Å²) in [6.45, 7) is 3.51. The Morgan fingerprint density at radius 3 is 2.56 bits per heavy atom. The average molecular weight is 261 g/mol. The van der Waals surface area contributed by atoms with Crippen molar-refractivity contribution in [3.63, 3.8) is 0 Å². The van der Waals surface area contributed by atoms with Gasteiger partial charge in [0, 0.05) is 13.6 Å². The molecule has 98 valence electrons. The summed E-state index contributed by atoms with van der Waals surface area (Å²) in [7, 11) is 1.35. The van der Waals surface area contributed by atoms with E-state index in [2.05, 4.69) is 6.58 Å². The fourth-order valence-corrected chi connectivity index (χ4v) is 1.35. The van der Waals surface area contributed by atoms with Crippen molar-refractivity contribution in [3.05, 3.63) is 47.8 Å². The van der Waals surface area contributed by atoms with E-state index < -0.39 is 29.0 Å². The van der Waals surface area contributed by atoms with Gasteiger partial charge in [-0.2, -0.15) is 13.2 Å². The highest BCUT2D eigenvalue weighted by atomic mass is 19.4. The molecule has 1 aromatic rings. The summed E-state index contributed by atoms with van der Waals surface area (Å²) in [5, 5.41) is 0. The van der Waals surface area contributed by atoms with Crippen molar-refractivity contribution in [1.82, 2.24) is 4.90 Å². The molecule has 0 spiro atoms. The third-order valence-electron chi connectivity index (χ3n) is 2.27. The Morgan fingerprint density at radius 1 is 1.44 bits per heavy atom. The van der Waals surface area contributed by atoms with Gasteiger partial charge >= 0.3 is 6.18 Å². The van der Waals surface area contributed by atoms with E-state index >= 15 is 0 Å². The van der Waals surface area contributed by atoms with E-state index in [0.29, 0.717) is 18.2 Å². The molecule has 0 unspecified atom stereocenters. The number of likely N-dealkylation sites (N-methyl/N-ethyl adjacent to an activating group) is 1. The van der Waals surface area contributed by atoms with Gasteiger partial charge in [0.2, 0.25) is 0 Å². The second kappa shape index (κ2) is 5.20. The lowest BCUT2D eigenvalue weighted by molar-refractivity contribution is -0.137. The minimum Gasteiger partial charge on any atom is -0.338 e.